The minimum Gasteiger partial charge on any atom is -0.494 e. The molecule has 0 fully saturated rings. The highest BCUT2D eigenvalue weighted by molar-refractivity contribution is 5.83. The van der Waals surface area contributed by atoms with Gasteiger partial charge in [-0.2, -0.15) is 0 Å². The topological polar surface area (TPSA) is 74.0 Å². The van der Waals surface area contributed by atoms with Crippen LogP contribution < -0.4 is 9.47 Å². The van der Waals surface area contributed by atoms with Gasteiger partial charge in [0.2, 0.25) is 0 Å². The van der Waals surface area contributed by atoms with E-state index >= 15 is 0 Å². The number of aryl methyl sites for hydroxylation is 1. The van der Waals surface area contributed by atoms with E-state index in [1.165, 1.54) is 13.2 Å². The molecule has 0 spiro atoms. The van der Waals surface area contributed by atoms with Gasteiger partial charge in [-0.25, -0.2) is 0 Å². The Kier molecular flexibility index (Phi) is 6.72. The van der Waals surface area contributed by atoms with Crippen molar-refractivity contribution in [3.05, 3.63) is 57.6 Å². The smallest absolute Gasteiger partial charge is 0.311 e. The molecular formula is C20H24N2O4. The van der Waals surface area contributed by atoms with E-state index in [2.05, 4.69) is 18.8 Å². The highest BCUT2D eigenvalue weighted by atomic mass is 16.6. The van der Waals surface area contributed by atoms with E-state index in [4.69, 9.17) is 9.47 Å². The molecule has 0 atom stereocenters. The highest BCUT2D eigenvalue weighted by Gasteiger charge is 2.16. The average molecular weight is 356 g/mol. The molecule has 26 heavy (non-hydrogen) atoms. The quantitative estimate of drug-likeness (QED) is 0.375. The molecule has 0 unspecified atom stereocenters. The van der Waals surface area contributed by atoms with Gasteiger partial charge in [-0.1, -0.05) is 13.8 Å². The van der Waals surface area contributed by atoms with Gasteiger partial charge in [0.15, 0.2) is 5.75 Å². The standard InChI is InChI=1S/C20H24N2O4/c1-14(2)9-10-26-17-7-5-16(6-8-17)13-21-18-12-20(25-4)19(22(23)24)11-15(18)3/h5-8,11-14H,9-10H2,1-4H3. The van der Waals surface area contributed by atoms with Gasteiger partial charge in [-0.15, -0.1) is 0 Å². The van der Waals surface area contributed by atoms with Crippen molar-refractivity contribution in [2.45, 2.75) is 27.2 Å². The molecule has 0 aliphatic carbocycles. The van der Waals surface area contributed by atoms with Crippen LogP contribution in [0.2, 0.25) is 0 Å². The summed E-state index contributed by atoms with van der Waals surface area (Å²) in [5, 5.41) is 11.0. The third-order valence-electron chi connectivity index (χ3n) is 3.89. The molecule has 0 aromatic heterocycles. The van der Waals surface area contributed by atoms with Gasteiger partial charge in [0.05, 0.1) is 24.3 Å². The third-order valence-corrected chi connectivity index (χ3v) is 3.89. The summed E-state index contributed by atoms with van der Waals surface area (Å²) >= 11 is 0. The first-order valence-corrected chi connectivity index (χ1v) is 8.50. The van der Waals surface area contributed by atoms with Crippen molar-refractivity contribution in [3.8, 4) is 11.5 Å². The largest absolute Gasteiger partial charge is 0.494 e. The van der Waals surface area contributed by atoms with Crippen LogP contribution in [-0.4, -0.2) is 24.9 Å². The molecule has 6 nitrogen and oxygen atoms in total. The van der Waals surface area contributed by atoms with Crippen LogP contribution in [0.5, 0.6) is 11.5 Å². The summed E-state index contributed by atoms with van der Waals surface area (Å²) in [6.45, 7) is 6.81. The number of nitro benzene ring substituents is 1. The van der Waals surface area contributed by atoms with Crippen molar-refractivity contribution in [1.29, 1.82) is 0 Å². The maximum atomic E-state index is 11.0. The number of rotatable bonds is 8. The first-order chi connectivity index (χ1) is 12.4. The number of aliphatic imine (C=N–C) groups is 1. The number of nitrogens with zero attached hydrogens (tertiary/aromatic N) is 2. The second kappa shape index (κ2) is 8.99. The van der Waals surface area contributed by atoms with E-state index in [0.29, 0.717) is 23.8 Å². The number of benzene rings is 2. The first-order valence-electron chi connectivity index (χ1n) is 8.50. The predicted molar refractivity (Wildman–Crippen MR) is 103 cm³/mol. The molecule has 0 aliphatic rings. The van der Waals surface area contributed by atoms with E-state index in [9.17, 15) is 10.1 Å². The fraction of sp³-hybridized carbons (Fsp3) is 0.350. The highest BCUT2D eigenvalue weighted by Crippen LogP contribution is 2.34. The molecule has 0 bridgehead atoms. The molecule has 2 aromatic rings. The average Bonchev–Trinajstić information content (AvgIpc) is 2.61. The van der Waals surface area contributed by atoms with E-state index in [1.54, 1.807) is 19.2 Å². The molecular weight excluding hydrogens is 332 g/mol. The molecule has 0 radical (unpaired) electrons. The van der Waals surface area contributed by atoms with E-state index in [-0.39, 0.29) is 11.4 Å². The number of nitro groups is 1. The second-order valence-electron chi connectivity index (χ2n) is 6.43. The Morgan fingerprint density at radius 1 is 1.23 bits per heavy atom. The van der Waals surface area contributed by atoms with Gasteiger partial charge in [0.25, 0.3) is 0 Å². The molecule has 0 N–H and O–H groups in total. The van der Waals surface area contributed by atoms with Gasteiger partial charge in [0, 0.05) is 18.3 Å². The minimum absolute atomic E-state index is 0.0631. The zero-order valence-electron chi connectivity index (χ0n) is 15.6. The van der Waals surface area contributed by atoms with E-state index in [1.807, 2.05) is 24.3 Å². The van der Waals surface area contributed by atoms with Crippen LogP contribution in [-0.2, 0) is 0 Å². The molecule has 6 heteroatoms. The molecule has 0 saturated carbocycles. The van der Waals surface area contributed by atoms with Gasteiger partial charge in [-0.3, -0.25) is 15.1 Å². The molecule has 2 aromatic carbocycles. The van der Waals surface area contributed by atoms with Crippen LogP contribution in [0.15, 0.2) is 41.4 Å². The zero-order valence-corrected chi connectivity index (χ0v) is 15.6. The predicted octanol–water partition coefficient (Wildman–Crippen LogP) is 5.09. The van der Waals surface area contributed by atoms with Crippen molar-refractivity contribution in [2.24, 2.45) is 10.9 Å². The Balaban J connectivity index is 2.10. The molecule has 138 valence electrons. The Bertz CT molecular complexity index is 783. The summed E-state index contributed by atoms with van der Waals surface area (Å²) in [6, 6.07) is 10.7. The minimum atomic E-state index is -0.461. The first kappa shape index (κ1) is 19.4. The van der Waals surface area contributed by atoms with Crippen LogP contribution in [0.4, 0.5) is 11.4 Å². The van der Waals surface area contributed by atoms with Crippen molar-refractivity contribution < 1.29 is 14.4 Å². The SMILES string of the molecule is COc1cc(N=Cc2ccc(OCCC(C)C)cc2)c(C)cc1[N+](=O)[O-]. The lowest BCUT2D eigenvalue weighted by Crippen LogP contribution is -2.01. The van der Waals surface area contributed by atoms with Gasteiger partial charge < -0.3 is 9.47 Å². The fourth-order valence-corrected chi connectivity index (χ4v) is 2.31. The Morgan fingerprint density at radius 2 is 1.92 bits per heavy atom. The molecule has 0 saturated heterocycles. The van der Waals surface area contributed by atoms with Gasteiger partial charge >= 0.3 is 5.69 Å². The maximum absolute atomic E-state index is 11.0. The van der Waals surface area contributed by atoms with Crippen molar-refractivity contribution in [2.75, 3.05) is 13.7 Å². The summed E-state index contributed by atoms with van der Waals surface area (Å²) in [5.74, 6) is 1.64. The van der Waals surface area contributed by atoms with Gasteiger partial charge in [0.1, 0.15) is 5.75 Å². The van der Waals surface area contributed by atoms with Crippen LogP contribution in [0.25, 0.3) is 0 Å². The van der Waals surface area contributed by atoms with Crippen molar-refractivity contribution >= 4 is 17.6 Å². The number of ether oxygens (including phenoxy) is 2. The molecule has 0 heterocycles. The van der Waals surface area contributed by atoms with Gasteiger partial charge in [-0.05, 0) is 54.7 Å². The lowest BCUT2D eigenvalue weighted by molar-refractivity contribution is -0.385. The summed E-state index contributed by atoms with van der Waals surface area (Å²) in [7, 11) is 1.41. The summed E-state index contributed by atoms with van der Waals surface area (Å²) in [6.07, 6.45) is 2.73. The summed E-state index contributed by atoms with van der Waals surface area (Å²) < 4.78 is 10.8. The van der Waals surface area contributed by atoms with Crippen LogP contribution >= 0.6 is 0 Å². The third kappa shape index (κ3) is 5.31. The lowest BCUT2D eigenvalue weighted by Gasteiger charge is -2.08. The van der Waals surface area contributed by atoms with Crippen molar-refractivity contribution in [1.82, 2.24) is 0 Å². The van der Waals surface area contributed by atoms with Crippen molar-refractivity contribution in [3.63, 3.8) is 0 Å². The molecule has 0 amide bonds. The second-order valence-corrected chi connectivity index (χ2v) is 6.43. The number of hydrogen-bond acceptors (Lipinski definition) is 5. The van der Waals surface area contributed by atoms with E-state index < -0.39 is 4.92 Å². The monoisotopic (exact) mass is 356 g/mol. The molecule has 0 aliphatic heterocycles. The number of hydrogen-bond donors (Lipinski definition) is 0. The van der Waals surface area contributed by atoms with E-state index in [0.717, 1.165) is 17.7 Å². The zero-order chi connectivity index (χ0) is 19.1. The Labute approximate surface area is 153 Å². The molecule has 2 rings (SSSR count). The Hall–Kier alpha value is -2.89. The number of methoxy groups -OCH3 is 1. The van der Waals surface area contributed by atoms with Crippen LogP contribution in [0.3, 0.4) is 0 Å². The van der Waals surface area contributed by atoms with Crippen LogP contribution in [0, 0.1) is 23.0 Å². The normalized spacial score (nSPS) is 11.1. The Morgan fingerprint density at radius 3 is 2.50 bits per heavy atom. The fourth-order valence-electron chi connectivity index (χ4n) is 2.31. The summed E-state index contributed by atoms with van der Waals surface area (Å²) in [4.78, 5) is 15.0. The summed E-state index contributed by atoms with van der Waals surface area (Å²) in [5.41, 5.74) is 2.19. The lowest BCUT2D eigenvalue weighted by atomic mass is 10.1. The maximum Gasteiger partial charge on any atom is 0.311 e. The van der Waals surface area contributed by atoms with Crippen LogP contribution in [0.1, 0.15) is 31.4 Å².